The van der Waals surface area contributed by atoms with E-state index in [1.807, 2.05) is 0 Å². The number of rotatable bonds is 43. The summed E-state index contributed by atoms with van der Waals surface area (Å²) in [7, 11) is 0. The zero-order valence-corrected chi connectivity index (χ0v) is 37.7. The smallest absolute Gasteiger partial charge is 0.122 e. The van der Waals surface area contributed by atoms with Gasteiger partial charge in [0.1, 0.15) is 24.7 Å². The Bertz CT molecular complexity index is 992. The van der Waals surface area contributed by atoms with Crippen LogP contribution in [0.4, 0.5) is 0 Å². The fourth-order valence-electron chi connectivity index (χ4n) is 8.44. The largest absolute Gasteiger partial charge is 0.490 e. The van der Waals surface area contributed by atoms with Gasteiger partial charge in [0.2, 0.25) is 0 Å². The first-order valence-corrected chi connectivity index (χ1v) is 25.3. The van der Waals surface area contributed by atoms with E-state index in [4.69, 9.17) is 9.47 Å². The van der Waals surface area contributed by atoms with E-state index in [1.165, 1.54) is 242 Å². The molecule has 0 atom stereocenters. The summed E-state index contributed by atoms with van der Waals surface area (Å²) in [6, 6.07) is 17.3. The Morgan fingerprint density at radius 1 is 0.268 bits per heavy atom. The molecule has 0 aliphatic heterocycles. The van der Waals surface area contributed by atoms with Gasteiger partial charge in [-0.05, 0) is 48.9 Å². The lowest BCUT2D eigenvalue weighted by molar-refractivity contribution is 0.214. The third-order valence-corrected chi connectivity index (χ3v) is 12.1. The third-order valence-electron chi connectivity index (χ3n) is 12.1. The van der Waals surface area contributed by atoms with Crippen molar-refractivity contribution in [1.29, 1.82) is 0 Å². The van der Waals surface area contributed by atoms with E-state index in [2.05, 4.69) is 62.4 Å². The molecule has 0 amide bonds. The van der Waals surface area contributed by atoms with E-state index >= 15 is 0 Å². The van der Waals surface area contributed by atoms with Gasteiger partial charge in [0.15, 0.2) is 0 Å². The maximum atomic E-state index is 6.26. The lowest BCUT2D eigenvalue weighted by atomic mass is 10.0. The number of hydrogen-bond acceptors (Lipinski definition) is 2. The van der Waals surface area contributed by atoms with Gasteiger partial charge in [-0.1, -0.05) is 269 Å². The predicted molar refractivity (Wildman–Crippen MR) is 249 cm³/mol. The normalized spacial score (nSPS) is 11.4. The van der Waals surface area contributed by atoms with Gasteiger partial charge in [-0.2, -0.15) is 0 Å². The SMILES string of the molecule is CCCCCCCCCCCCCCCCCCCCc1ccccc1OCCOc1ccccc1CCCCCCCCCCCCCCCCCCCC. The maximum absolute atomic E-state index is 6.26. The lowest BCUT2D eigenvalue weighted by Gasteiger charge is -2.14. The molecule has 0 radical (unpaired) electrons. The summed E-state index contributed by atoms with van der Waals surface area (Å²) in [5.74, 6) is 2.07. The summed E-state index contributed by atoms with van der Waals surface area (Å²) in [6.07, 6.45) is 53.3. The van der Waals surface area contributed by atoms with Gasteiger partial charge in [0, 0.05) is 0 Å². The second kappa shape index (κ2) is 39.8. The van der Waals surface area contributed by atoms with Crippen molar-refractivity contribution in [2.45, 2.75) is 258 Å². The molecule has 2 rings (SSSR count). The molecule has 0 aromatic heterocycles. The van der Waals surface area contributed by atoms with Crippen molar-refractivity contribution in [3.63, 3.8) is 0 Å². The molecule has 0 heterocycles. The van der Waals surface area contributed by atoms with Crippen LogP contribution in [-0.2, 0) is 12.8 Å². The van der Waals surface area contributed by atoms with Crippen molar-refractivity contribution in [3.05, 3.63) is 59.7 Å². The van der Waals surface area contributed by atoms with Crippen LogP contribution in [-0.4, -0.2) is 13.2 Å². The summed E-state index contributed by atoms with van der Waals surface area (Å²) in [5.41, 5.74) is 2.69. The van der Waals surface area contributed by atoms with Gasteiger partial charge in [0.05, 0.1) is 0 Å². The van der Waals surface area contributed by atoms with Crippen LogP contribution in [0.15, 0.2) is 48.5 Å². The van der Waals surface area contributed by atoms with E-state index in [0.29, 0.717) is 13.2 Å². The van der Waals surface area contributed by atoms with Crippen LogP contribution in [0.5, 0.6) is 11.5 Å². The summed E-state index contributed by atoms with van der Waals surface area (Å²) in [5, 5.41) is 0. The molecule has 2 aromatic carbocycles. The molecule has 2 heteroatoms. The number of para-hydroxylation sites is 2. The Morgan fingerprint density at radius 2 is 0.482 bits per heavy atom. The van der Waals surface area contributed by atoms with E-state index in [-0.39, 0.29) is 0 Å². The van der Waals surface area contributed by atoms with Crippen LogP contribution >= 0.6 is 0 Å². The van der Waals surface area contributed by atoms with Gasteiger partial charge in [-0.25, -0.2) is 0 Å². The second-order valence-corrected chi connectivity index (χ2v) is 17.4. The van der Waals surface area contributed by atoms with Crippen LogP contribution < -0.4 is 9.47 Å². The van der Waals surface area contributed by atoms with Crippen molar-refractivity contribution < 1.29 is 9.47 Å². The van der Waals surface area contributed by atoms with Crippen LogP contribution in [0.25, 0.3) is 0 Å². The van der Waals surface area contributed by atoms with Crippen molar-refractivity contribution in [1.82, 2.24) is 0 Å². The topological polar surface area (TPSA) is 18.5 Å². The monoisotopic (exact) mass is 775 g/mol. The molecule has 0 saturated carbocycles. The molecule has 0 aliphatic carbocycles. The van der Waals surface area contributed by atoms with E-state index in [9.17, 15) is 0 Å². The molecule has 0 aliphatic rings. The van der Waals surface area contributed by atoms with Gasteiger partial charge in [-0.3, -0.25) is 0 Å². The fourth-order valence-corrected chi connectivity index (χ4v) is 8.44. The third kappa shape index (κ3) is 30.2. The predicted octanol–water partition coefficient (Wildman–Crippen LogP) is 18.3. The molecule has 0 spiro atoms. The minimum atomic E-state index is 0.587. The molecule has 0 unspecified atom stereocenters. The molecule has 2 nitrogen and oxygen atoms in total. The highest BCUT2D eigenvalue weighted by molar-refractivity contribution is 5.34. The first-order valence-electron chi connectivity index (χ1n) is 25.3. The van der Waals surface area contributed by atoms with Gasteiger partial charge < -0.3 is 9.47 Å². The Kier molecular flexibility index (Phi) is 35.7. The molecule has 56 heavy (non-hydrogen) atoms. The zero-order valence-electron chi connectivity index (χ0n) is 37.7. The zero-order chi connectivity index (χ0) is 39.7. The van der Waals surface area contributed by atoms with Crippen molar-refractivity contribution in [2.24, 2.45) is 0 Å². The summed E-state index contributed by atoms with van der Waals surface area (Å²) < 4.78 is 12.5. The molecule has 2 aromatic rings. The van der Waals surface area contributed by atoms with Crippen LogP contribution in [0.2, 0.25) is 0 Å². The Labute approximate surface area is 350 Å². The molecule has 0 N–H and O–H groups in total. The average Bonchev–Trinajstić information content (AvgIpc) is 3.22. The highest BCUT2D eigenvalue weighted by Gasteiger charge is 2.06. The van der Waals surface area contributed by atoms with Crippen LogP contribution in [0, 0.1) is 0 Å². The van der Waals surface area contributed by atoms with E-state index in [0.717, 1.165) is 24.3 Å². The van der Waals surface area contributed by atoms with Crippen LogP contribution in [0.3, 0.4) is 0 Å². The quantitative estimate of drug-likeness (QED) is 0.0625. The van der Waals surface area contributed by atoms with Gasteiger partial charge in [0.25, 0.3) is 0 Å². The Hall–Kier alpha value is -1.96. The van der Waals surface area contributed by atoms with Gasteiger partial charge >= 0.3 is 0 Å². The van der Waals surface area contributed by atoms with E-state index in [1.54, 1.807) is 0 Å². The second-order valence-electron chi connectivity index (χ2n) is 17.4. The summed E-state index contributed by atoms with van der Waals surface area (Å²) in [6.45, 7) is 5.78. The maximum Gasteiger partial charge on any atom is 0.122 e. The number of aryl methyl sites for hydroxylation is 2. The van der Waals surface area contributed by atoms with E-state index < -0.39 is 0 Å². The Morgan fingerprint density at radius 3 is 0.732 bits per heavy atom. The number of hydrogen-bond donors (Lipinski definition) is 0. The standard InChI is InChI=1S/C54H94O2/c1-3-5-7-9-11-13-15-17-19-21-23-25-27-29-31-33-35-37-43-51-45-39-41-47-53(51)55-49-50-56-54-48-42-40-46-52(54)44-38-36-34-32-30-28-26-24-22-20-18-16-14-12-10-8-6-4-2/h39-42,45-48H,3-38,43-44,49-50H2,1-2H3. The van der Waals surface area contributed by atoms with Crippen molar-refractivity contribution in [2.75, 3.05) is 13.2 Å². The number of benzene rings is 2. The minimum absolute atomic E-state index is 0.587. The van der Waals surface area contributed by atoms with Crippen LogP contribution in [0.1, 0.15) is 256 Å². The number of unbranched alkanes of at least 4 members (excludes halogenated alkanes) is 34. The van der Waals surface area contributed by atoms with Crippen molar-refractivity contribution >= 4 is 0 Å². The summed E-state index contributed by atoms with van der Waals surface area (Å²) >= 11 is 0. The summed E-state index contributed by atoms with van der Waals surface area (Å²) in [4.78, 5) is 0. The first kappa shape index (κ1) is 50.2. The average molecular weight is 775 g/mol. The molecule has 322 valence electrons. The number of ether oxygens (including phenoxy) is 2. The van der Waals surface area contributed by atoms with Gasteiger partial charge in [-0.15, -0.1) is 0 Å². The minimum Gasteiger partial charge on any atom is -0.490 e. The highest BCUT2D eigenvalue weighted by Crippen LogP contribution is 2.24. The van der Waals surface area contributed by atoms with Crippen molar-refractivity contribution in [3.8, 4) is 11.5 Å². The molecule has 0 fully saturated rings. The first-order chi connectivity index (χ1) is 27.8. The Balaban J connectivity index is 1.42. The molecule has 0 bridgehead atoms. The molecular formula is C54H94O2. The fraction of sp³-hybridized carbons (Fsp3) is 0.778. The highest BCUT2D eigenvalue weighted by atomic mass is 16.5. The molecule has 0 saturated heterocycles. The molecular weight excluding hydrogens is 681 g/mol. The lowest BCUT2D eigenvalue weighted by Crippen LogP contribution is -2.11.